The van der Waals surface area contributed by atoms with Crippen LogP contribution in [0, 0.1) is 0 Å². The Balaban J connectivity index is 0.000000487. The van der Waals surface area contributed by atoms with Gasteiger partial charge in [0.2, 0.25) is 11.8 Å². The van der Waals surface area contributed by atoms with Gasteiger partial charge in [0.15, 0.2) is 0 Å². The maximum Gasteiger partial charge on any atom is 0.300 e. The standard InChI is InChI=1S/C8H12N2O2.C2H4O2/c1-2-3-4-6-9-7(11)5-8(12)10-6;1-2(3)4/h5H,2-4H2,1H3,(H2,9,10,11,12);1H3,(H,3,4). The number of aromatic nitrogens is 2. The molecule has 1 rings (SSSR count). The van der Waals surface area contributed by atoms with Crippen molar-refractivity contribution in [1.82, 2.24) is 9.97 Å². The zero-order valence-electron chi connectivity index (χ0n) is 9.34. The number of aromatic hydroxyl groups is 2. The summed E-state index contributed by atoms with van der Waals surface area (Å²) in [7, 11) is 0. The summed E-state index contributed by atoms with van der Waals surface area (Å²) in [6.45, 7) is 3.14. The van der Waals surface area contributed by atoms with Crippen molar-refractivity contribution < 1.29 is 20.1 Å². The summed E-state index contributed by atoms with van der Waals surface area (Å²) < 4.78 is 0. The molecule has 0 fully saturated rings. The quantitative estimate of drug-likeness (QED) is 0.720. The van der Waals surface area contributed by atoms with E-state index in [0.717, 1.165) is 25.8 Å². The van der Waals surface area contributed by atoms with E-state index < -0.39 is 5.97 Å². The Morgan fingerprint density at radius 2 is 1.75 bits per heavy atom. The second-order valence-electron chi connectivity index (χ2n) is 3.12. The van der Waals surface area contributed by atoms with E-state index in [0.29, 0.717) is 12.2 Å². The van der Waals surface area contributed by atoms with Crippen LogP contribution in [-0.4, -0.2) is 31.3 Å². The summed E-state index contributed by atoms with van der Waals surface area (Å²) in [5.74, 6) is -0.684. The first-order valence-electron chi connectivity index (χ1n) is 4.91. The number of hydrogen-bond donors (Lipinski definition) is 3. The van der Waals surface area contributed by atoms with E-state index in [1.165, 1.54) is 0 Å². The van der Waals surface area contributed by atoms with Gasteiger partial charge in [-0.15, -0.1) is 0 Å². The molecule has 6 heteroatoms. The highest BCUT2D eigenvalue weighted by molar-refractivity contribution is 5.62. The molecule has 1 heterocycles. The number of nitrogens with zero attached hydrogens (tertiary/aromatic N) is 2. The minimum Gasteiger partial charge on any atom is -0.493 e. The number of carbonyl (C=O) groups is 1. The average molecular weight is 228 g/mol. The molecule has 1 aromatic heterocycles. The van der Waals surface area contributed by atoms with Crippen LogP contribution in [0.2, 0.25) is 0 Å². The van der Waals surface area contributed by atoms with E-state index in [4.69, 9.17) is 20.1 Å². The lowest BCUT2D eigenvalue weighted by Crippen LogP contribution is -1.94. The van der Waals surface area contributed by atoms with Gasteiger partial charge in [0.25, 0.3) is 5.97 Å². The number of unbranched alkanes of at least 4 members (excludes halogenated alkanes) is 1. The molecule has 0 saturated heterocycles. The number of hydrogen-bond acceptors (Lipinski definition) is 5. The molecule has 0 aromatic carbocycles. The van der Waals surface area contributed by atoms with E-state index in [-0.39, 0.29) is 11.8 Å². The summed E-state index contributed by atoms with van der Waals surface area (Å²) >= 11 is 0. The number of rotatable bonds is 3. The van der Waals surface area contributed by atoms with Crippen LogP contribution < -0.4 is 0 Å². The molecule has 1 aromatic rings. The second-order valence-corrected chi connectivity index (χ2v) is 3.12. The van der Waals surface area contributed by atoms with Gasteiger partial charge in [-0.25, -0.2) is 0 Å². The van der Waals surface area contributed by atoms with Crippen molar-refractivity contribution in [3.8, 4) is 11.8 Å². The molecule has 0 amide bonds. The third-order valence-electron chi connectivity index (χ3n) is 1.50. The van der Waals surface area contributed by atoms with Crippen LogP contribution in [0.4, 0.5) is 0 Å². The highest BCUT2D eigenvalue weighted by Gasteiger charge is 2.01. The Bertz CT molecular complexity index is 317. The maximum atomic E-state index is 9.00. The van der Waals surface area contributed by atoms with Crippen molar-refractivity contribution in [3.63, 3.8) is 0 Å². The fourth-order valence-electron chi connectivity index (χ4n) is 0.916. The third kappa shape index (κ3) is 7.54. The van der Waals surface area contributed by atoms with Crippen LogP contribution in [0.3, 0.4) is 0 Å². The highest BCUT2D eigenvalue weighted by atomic mass is 16.4. The van der Waals surface area contributed by atoms with Crippen LogP contribution in [0.1, 0.15) is 32.5 Å². The molecule has 0 bridgehead atoms. The monoisotopic (exact) mass is 228 g/mol. The Morgan fingerprint density at radius 3 is 2.12 bits per heavy atom. The lowest BCUT2D eigenvalue weighted by atomic mass is 10.2. The van der Waals surface area contributed by atoms with Gasteiger partial charge in [-0.05, 0) is 6.42 Å². The largest absolute Gasteiger partial charge is 0.493 e. The van der Waals surface area contributed by atoms with E-state index >= 15 is 0 Å². The fraction of sp³-hybridized carbons (Fsp3) is 0.500. The van der Waals surface area contributed by atoms with Gasteiger partial charge in [-0.3, -0.25) is 4.79 Å². The molecule has 16 heavy (non-hydrogen) atoms. The van der Waals surface area contributed by atoms with Crippen molar-refractivity contribution in [2.75, 3.05) is 0 Å². The normalized spacial score (nSPS) is 9.12. The first-order chi connectivity index (χ1) is 7.45. The number of carboxylic acid groups (broad SMARTS) is 1. The first kappa shape index (κ1) is 14.2. The molecule has 90 valence electrons. The Hall–Kier alpha value is -1.85. The van der Waals surface area contributed by atoms with Crippen LogP contribution in [0.25, 0.3) is 0 Å². The van der Waals surface area contributed by atoms with Crippen molar-refractivity contribution in [2.45, 2.75) is 33.1 Å². The molecule has 0 aliphatic rings. The number of aryl methyl sites for hydroxylation is 1. The molecular weight excluding hydrogens is 212 g/mol. The fourth-order valence-corrected chi connectivity index (χ4v) is 0.916. The van der Waals surface area contributed by atoms with E-state index in [2.05, 4.69) is 16.9 Å². The predicted octanol–water partition coefficient (Wildman–Crippen LogP) is 1.32. The van der Waals surface area contributed by atoms with Crippen LogP contribution in [0.15, 0.2) is 6.07 Å². The summed E-state index contributed by atoms with van der Waals surface area (Å²) in [5.41, 5.74) is 0. The zero-order chi connectivity index (χ0) is 12.6. The lowest BCUT2D eigenvalue weighted by Gasteiger charge is -1.99. The minimum atomic E-state index is -0.833. The molecule has 0 unspecified atom stereocenters. The Kier molecular flexibility index (Phi) is 6.58. The summed E-state index contributed by atoms with van der Waals surface area (Å²) in [6, 6.07) is 1.12. The smallest absolute Gasteiger partial charge is 0.300 e. The molecule has 0 aliphatic heterocycles. The third-order valence-corrected chi connectivity index (χ3v) is 1.50. The van der Waals surface area contributed by atoms with Gasteiger partial charge in [0.05, 0.1) is 6.07 Å². The molecule has 0 spiro atoms. The van der Waals surface area contributed by atoms with E-state index in [1.807, 2.05) is 0 Å². The molecule has 0 aliphatic carbocycles. The molecule has 0 radical (unpaired) electrons. The van der Waals surface area contributed by atoms with Gasteiger partial charge in [-0.2, -0.15) is 9.97 Å². The first-order valence-corrected chi connectivity index (χ1v) is 4.91. The average Bonchev–Trinajstić information content (AvgIpc) is 2.12. The number of carboxylic acids is 1. The van der Waals surface area contributed by atoms with Crippen molar-refractivity contribution in [3.05, 3.63) is 11.9 Å². The highest BCUT2D eigenvalue weighted by Crippen LogP contribution is 2.13. The van der Waals surface area contributed by atoms with E-state index in [9.17, 15) is 0 Å². The van der Waals surface area contributed by atoms with Crippen molar-refractivity contribution in [1.29, 1.82) is 0 Å². The SMILES string of the molecule is CC(=O)O.CCCCc1nc(O)cc(O)n1. The summed E-state index contributed by atoms with van der Waals surface area (Å²) in [4.78, 5) is 16.5. The van der Waals surface area contributed by atoms with E-state index in [1.54, 1.807) is 0 Å². The van der Waals surface area contributed by atoms with Gasteiger partial charge in [-0.1, -0.05) is 13.3 Å². The second kappa shape index (κ2) is 7.44. The minimum absolute atomic E-state index is 0.173. The molecule has 0 saturated carbocycles. The van der Waals surface area contributed by atoms with Crippen LogP contribution in [-0.2, 0) is 11.2 Å². The summed E-state index contributed by atoms with van der Waals surface area (Å²) in [6.07, 6.45) is 2.70. The Morgan fingerprint density at radius 1 is 1.31 bits per heavy atom. The van der Waals surface area contributed by atoms with Crippen LogP contribution in [0.5, 0.6) is 11.8 Å². The van der Waals surface area contributed by atoms with Gasteiger partial charge < -0.3 is 15.3 Å². The van der Waals surface area contributed by atoms with Crippen LogP contribution >= 0.6 is 0 Å². The molecular formula is C10H16N2O4. The number of aliphatic carboxylic acids is 1. The van der Waals surface area contributed by atoms with Gasteiger partial charge >= 0.3 is 0 Å². The topological polar surface area (TPSA) is 104 Å². The van der Waals surface area contributed by atoms with Gasteiger partial charge in [0.1, 0.15) is 5.82 Å². The maximum absolute atomic E-state index is 9.00. The zero-order valence-corrected chi connectivity index (χ0v) is 9.34. The van der Waals surface area contributed by atoms with Crippen molar-refractivity contribution >= 4 is 5.97 Å². The molecule has 6 nitrogen and oxygen atoms in total. The molecule has 3 N–H and O–H groups in total. The molecule has 0 atom stereocenters. The summed E-state index contributed by atoms with van der Waals surface area (Å²) in [5, 5.41) is 25.4. The van der Waals surface area contributed by atoms with Crippen molar-refractivity contribution in [2.24, 2.45) is 0 Å². The lowest BCUT2D eigenvalue weighted by molar-refractivity contribution is -0.134. The Labute approximate surface area is 93.6 Å². The van der Waals surface area contributed by atoms with Gasteiger partial charge in [0, 0.05) is 13.3 Å². The predicted molar refractivity (Wildman–Crippen MR) is 57.3 cm³/mol.